The van der Waals surface area contributed by atoms with Crippen molar-refractivity contribution in [3.05, 3.63) is 59.9 Å². The van der Waals surface area contributed by atoms with Gasteiger partial charge in [0.05, 0.1) is 7.11 Å². The molecule has 0 radical (unpaired) electrons. The van der Waals surface area contributed by atoms with Gasteiger partial charge in [-0.1, -0.05) is 18.2 Å². The van der Waals surface area contributed by atoms with Gasteiger partial charge in [0.25, 0.3) is 0 Å². The molecule has 1 aromatic carbocycles. The smallest absolute Gasteiger partial charge is 0.118 e. The second-order valence-electron chi connectivity index (χ2n) is 5.32. The second-order valence-corrected chi connectivity index (χ2v) is 5.32. The molecule has 1 N–H and O–H groups in total. The average Bonchev–Trinajstić information content (AvgIpc) is 2.56. The van der Waals surface area contributed by atoms with E-state index in [0.29, 0.717) is 6.04 Å². The Labute approximate surface area is 125 Å². The number of ether oxygens (including phenoxy) is 1. The second kappa shape index (κ2) is 6.70. The van der Waals surface area contributed by atoms with Crippen LogP contribution in [0.3, 0.4) is 0 Å². The summed E-state index contributed by atoms with van der Waals surface area (Å²) in [4.78, 5) is 6.72. The molecule has 4 nitrogen and oxygen atoms in total. The molecule has 0 unspecified atom stereocenters. The summed E-state index contributed by atoms with van der Waals surface area (Å²) in [7, 11) is 1.70. The van der Waals surface area contributed by atoms with E-state index in [1.807, 2.05) is 30.6 Å². The standard InChI is InChI=1S/C17H21N3O/c1-21-16-6-4-15(5-7-16)17-12-19-9-10-20(17)13-14-3-2-8-18-11-14/h2-8,11,17,19H,9-10,12-13H2,1H3/t17-/m1/s1. The summed E-state index contributed by atoms with van der Waals surface area (Å²) in [5.41, 5.74) is 2.59. The van der Waals surface area contributed by atoms with E-state index in [0.717, 1.165) is 31.9 Å². The minimum Gasteiger partial charge on any atom is -0.497 e. The van der Waals surface area contributed by atoms with Gasteiger partial charge in [-0.3, -0.25) is 9.88 Å². The normalized spacial score (nSPS) is 19.4. The van der Waals surface area contributed by atoms with Gasteiger partial charge in [0, 0.05) is 44.6 Å². The Hall–Kier alpha value is -1.91. The number of rotatable bonds is 4. The van der Waals surface area contributed by atoms with E-state index in [1.54, 1.807) is 7.11 Å². The average molecular weight is 283 g/mol. The van der Waals surface area contributed by atoms with Crippen molar-refractivity contribution >= 4 is 0 Å². The maximum absolute atomic E-state index is 5.24. The number of aromatic nitrogens is 1. The molecule has 1 atom stereocenters. The van der Waals surface area contributed by atoms with E-state index in [-0.39, 0.29) is 0 Å². The summed E-state index contributed by atoms with van der Waals surface area (Å²) in [5, 5.41) is 3.49. The Bertz CT molecular complexity index is 556. The number of pyridine rings is 1. The lowest BCUT2D eigenvalue weighted by Gasteiger charge is -2.36. The summed E-state index contributed by atoms with van der Waals surface area (Å²) in [6.45, 7) is 4.00. The van der Waals surface area contributed by atoms with Crippen LogP contribution in [0.1, 0.15) is 17.2 Å². The number of nitrogens with one attached hydrogen (secondary N) is 1. The quantitative estimate of drug-likeness (QED) is 0.934. The van der Waals surface area contributed by atoms with Gasteiger partial charge in [0.2, 0.25) is 0 Å². The van der Waals surface area contributed by atoms with Crippen LogP contribution < -0.4 is 10.1 Å². The van der Waals surface area contributed by atoms with Crippen LogP contribution in [0.5, 0.6) is 5.75 Å². The number of nitrogens with zero attached hydrogens (tertiary/aromatic N) is 2. The van der Waals surface area contributed by atoms with Crippen LogP contribution in [0, 0.1) is 0 Å². The zero-order chi connectivity index (χ0) is 14.5. The van der Waals surface area contributed by atoms with Gasteiger partial charge in [0.1, 0.15) is 5.75 Å². The minimum absolute atomic E-state index is 0.393. The molecule has 0 amide bonds. The van der Waals surface area contributed by atoms with Gasteiger partial charge in [-0.15, -0.1) is 0 Å². The van der Waals surface area contributed by atoms with Crippen LogP contribution in [0.2, 0.25) is 0 Å². The van der Waals surface area contributed by atoms with Gasteiger partial charge >= 0.3 is 0 Å². The number of methoxy groups -OCH3 is 1. The highest BCUT2D eigenvalue weighted by Gasteiger charge is 2.23. The Morgan fingerprint density at radius 1 is 1.29 bits per heavy atom. The fourth-order valence-electron chi connectivity index (χ4n) is 2.82. The van der Waals surface area contributed by atoms with E-state index in [2.05, 4.69) is 33.4 Å². The van der Waals surface area contributed by atoms with Crippen LogP contribution >= 0.6 is 0 Å². The van der Waals surface area contributed by atoms with Gasteiger partial charge < -0.3 is 10.1 Å². The first-order valence-corrected chi connectivity index (χ1v) is 7.34. The van der Waals surface area contributed by atoms with Crippen LogP contribution in [-0.4, -0.2) is 36.6 Å². The van der Waals surface area contributed by atoms with Crippen molar-refractivity contribution in [2.24, 2.45) is 0 Å². The third-order valence-electron chi connectivity index (χ3n) is 3.96. The van der Waals surface area contributed by atoms with Crippen molar-refractivity contribution in [3.63, 3.8) is 0 Å². The van der Waals surface area contributed by atoms with Crippen LogP contribution in [0.4, 0.5) is 0 Å². The fraction of sp³-hybridized carbons (Fsp3) is 0.353. The molecule has 4 heteroatoms. The Kier molecular flexibility index (Phi) is 4.48. The Morgan fingerprint density at radius 2 is 2.14 bits per heavy atom. The molecule has 2 heterocycles. The predicted octanol–water partition coefficient (Wildman–Crippen LogP) is 2.24. The molecule has 2 aromatic rings. The largest absolute Gasteiger partial charge is 0.497 e. The van der Waals surface area contributed by atoms with E-state index in [9.17, 15) is 0 Å². The van der Waals surface area contributed by atoms with Gasteiger partial charge in [-0.2, -0.15) is 0 Å². The molecule has 1 aliphatic heterocycles. The summed E-state index contributed by atoms with van der Waals surface area (Å²) >= 11 is 0. The predicted molar refractivity (Wildman–Crippen MR) is 83.3 cm³/mol. The van der Waals surface area contributed by atoms with Crippen LogP contribution in [-0.2, 0) is 6.54 Å². The molecule has 3 rings (SSSR count). The summed E-state index contributed by atoms with van der Waals surface area (Å²) < 4.78 is 5.24. The van der Waals surface area contributed by atoms with Crippen molar-refractivity contribution in [2.75, 3.05) is 26.7 Å². The fourth-order valence-corrected chi connectivity index (χ4v) is 2.82. The summed E-state index contributed by atoms with van der Waals surface area (Å²) in [6.07, 6.45) is 3.77. The number of hydrogen-bond acceptors (Lipinski definition) is 4. The van der Waals surface area contributed by atoms with Crippen molar-refractivity contribution in [1.82, 2.24) is 15.2 Å². The van der Waals surface area contributed by atoms with E-state index >= 15 is 0 Å². The number of hydrogen-bond donors (Lipinski definition) is 1. The lowest BCUT2D eigenvalue weighted by Crippen LogP contribution is -2.45. The van der Waals surface area contributed by atoms with E-state index < -0.39 is 0 Å². The Morgan fingerprint density at radius 3 is 2.86 bits per heavy atom. The molecular formula is C17H21N3O. The molecule has 0 bridgehead atoms. The molecule has 21 heavy (non-hydrogen) atoms. The molecule has 1 saturated heterocycles. The zero-order valence-electron chi connectivity index (χ0n) is 12.3. The Balaban J connectivity index is 1.77. The van der Waals surface area contributed by atoms with E-state index in [1.165, 1.54) is 11.1 Å². The summed E-state index contributed by atoms with van der Waals surface area (Å²) in [6, 6.07) is 12.9. The molecule has 0 spiro atoms. The highest BCUT2D eigenvalue weighted by molar-refractivity contribution is 5.29. The van der Waals surface area contributed by atoms with E-state index in [4.69, 9.17) is 4.74 Å². The third kappa shape index (κ3) is 3.40. The van der Waals surface area contributed by atoms with Crippen LogP contribution in [0.15, 0.2) is 48.8 Å². The molecular weight excluding hydrogens is 262 g/mol. The first-order valence-electron chi connectivity index (χ1n) is 7.34. The SMILES string of the molecule is COc1ccc([C@H]2CNCCN2Cc2cccnc2)cc1. The summed E-state index contributed by atoms with van der Waals surface area (Å²) in [5.74, 6) is 0.904. The molecule has 1 aliphatic rings. The molecule has 110 valence electrons. The maximum Gasteiger partial charge on any atom is 0.118 e. The van der Waals surface area contributed by atoms with Crippen LogP contribution in [0.25, 0.3) is 0 Å². The lowest BCUT2D eigenvalue weighted by molar-refractivity contribution is 0.153. The molecule has 1 fully saturated rings. The van der Waals surface area contributed by atoms with Crippen molar-refractivity contribution in [2.45, 2.75) is 12.6 Å². The minimum atomic E-state index is 0.393. The van der Waals surface area contributed by atoms with Gasteiger partial charge in [-0.25, -0.2) is 0 Å². The van der Waals surface area contributed by atoms with Crippen molar-refractivity contribution in [3.8, 4) is 5.75 Å². The monoisotopic (exact) mass is 283 g/mol. The molecule has 0 aliphatic carbocycles. The zero-order valence-corrected chi connectivity index (χ0v) is 12.3. The first-order chi connectivity index (χ1) is 10.4. The topological polar surface area (TPSA) is 37.4 Å². The molecule has 0 saturated carbocycles. The maximum atomic E-state index is 5.24. The molecule has 1 aromatic heterocycles. The highest BCUT2D eigenvalue weighted by atomic mass is 16.5. The lowest BCUT2D eigenvalue weighted by atomic mass is 10.0. The number of benzene rings is 1. The van der Waals surface area contributed by atoms with Gasteiger partial charge in [0.15, 0.2) is 0 Å². The van der Waals surface area contributed by atoms with Gasteiger partial charge in [-0.05, 0) is 29.3 Å². The first kappa shape index (κ1) is 14.0. The number of piperazine rings is 1. The van der Waals surface area contributed by atoms with Crippen molar-refractivity contribution in [1.29, 1.82) is 0 Å². The highest BCUT2D eigenvalue weighted by Crippen LogP contribution is 2.25. The third-order valence-corrected chi connectivity index (χ3v) is 3.96. The van der Waals surface area contributed by atoms with Crippen molar-refractivity contribution < 1.29 is 4.74 Å².